The zero-order valence-corrected chi connectivity index (χ0v) is 20.6. The van der Waals surface area contributed by atoms with Crippen LogP contribution in [0.5, 0.6) is 0 Å². The number of hydrogen-bond acceptors (Lipinski definition) is 9. The minimum absolute atomic E-state index is 0.333. The molecular weight excluding hydrogens is 550 g/mol. The van der Waals surface area contributed by atoms with E-state index in [1.54, 1.807) is 23.7 Å². The molecule has 17 heteroatoms. The van der Waals surface area contributed by atoms with Crippen molar-refractivity contribution in [2.45, 2.75) is 38.4 Å². The van der Waals surface area contributed by atoms with E-state index in [0.29, 0.717) is 24.5 Å². The van der Waals surface area contributed by atoms with Gasteiger partial charge in [-0.1, -0.05) is 11.3 Å². The lowest BCUT2D eigenvalue weighted by Crippen LogP contribution is -2.24. The number of fused-ring (bicyclic) bond motifs is 1. The summed E-state index contributed by atoms with van der Waals surface area (Å²) in [5.41, 5.74) is 1.17. The number of carboxylic acid groups (broad SMARTS) is 2. The first-order valence-corrected chi connectivity index (χ1v) is 11.7. The highest BCUT2D eigenvalue weighted by Gasteiger charge is 2.44. The van der Waals surface area contributed by atoms with Gasteiger partial charge in [0, 0.05) is 38.0 Å². The summed E-state index contributed by atoms with van der Waals surface area (Å²) in [6.45, 7) is 6.24. The number of carbonyl (C=O) groups is 2. The molecule has 2 saturated heterocycles. The summed E-state index contributed by atoms with van der Waals surface area (Å²) in [5.74, 6) is -4.36. The van der Waals surface area contributed by atoms with E-state index in [1.165, 1.54) is 5.56 Å². The second-order valence-electron chi connectivity index (χ2n) is 8.11. The maximum atomic E-state index is 10.6. The number of rotatable bonds is 6. The Kier molecular flexibility index (Phi) is 11.2. The first-order valence-electron chi connectivity index (χ1n) is 10.9. The van der Waals surface area contributed by atoms with Gasteiger partial charge in [0.05, 0.1) is 19.3 Å². The van der Waals surface area contributed by atoms with Crippen molar-refractivity contribution in [3.05, 3.63) is 35.1 Å². The number of anilines is 1. The molecule has 2 aromatic heterocycles. The monoisotopic (exact) mass is 574 g/mol. The molecule has 10 nitrogen and oxygen atoms in total. The summed E-state index contributed by atoms with van der Waals surface area (Å²) in [6.07, 6.45) is -5.18. The molecule has 0 spiro atoms. The van der Waals surface area contributed by atoms with Crippen molar-refractivity contribution in [2.75, 3.05) is 31.2 Å². The Hall–Kier alpha value is -3.05. The third kappa shape index (κ3) is 10.0. The summed E-state index contributed by atoms with van der Waals surface area (Å²) in [5, 5.41) is 24.7. The molecule has 0 aromatic carbocycles. The van der Waals surface area contributed by atoms with Crippen LogP contribution in [0.15, 0.2) is 24.5 Å². The normalized spacial score (nSPS) is 20.6. The highest BCUT2D eigenvalue weighted by atomic mass is 32.1. The van der Waals surface area contributed by atoms with E-state index in [9.17, 15) is 26.3 Å². The molecule has 2 aliphatic heterocycles. The van der Waals surface area contributed by atoms with Gasteiger partial charge in [-0.15, -0.1) is 10.2 Å². The number of aromatic nitrogens is 3. The highest BCUT2D eigenvalue weighted by Crippen LogP contribution is 2.38. The Morgan fingerprint density at radius 1 is 1.08 bits per heavy atom. The second kappa shape index (κ2) is 13.7. The van der Waals surface area contributed by atoms with E-state index in [0.717, 1.165) is 42.9 Å². The molecule has 0 amide bonds. The summed E-state index contributed by atoms with van der Waals surface area (Å²) in [7, 11) is 0. The number of hydrogen-bond donors (Lipinski definition) is 2. The van der Waals surface area contributed by atoms with Crippen LogP contribution in [0, 0.1) is 18.8 Å². The van der Waals surface area contributed by atoms with E-state index >= 15 is 0 Å². The largest absolute Gasteiger partial charge is 0.490 e. The molecule has 0 radical (unpaired) electrons. The second-order valence-corrected chi connectivity index (χ2v) is 9.27. The average molecular weight is 575 g/mol. The van der Waals surface area contributed by atoms with Crippen LogP contribution >= 0.6 is 11.3 Å². The van der Waals surface area contributed by atoms with Crippen LogP contribution in [0.25, 0.3) is 0 Å². The predicted octanol–water partition coefficient (Wildman–Crippen LogP) is 3.57. The third-order valence-corrected chi connectivity index (χ3v) is 6.26. The molecule has 2 N–H and O–H groups in total. The molecule has 4 heterocycles. The fourth-order valence-corrected chi connectivity index (χ4v) is 4.28. The lowest BCUT2D eigenvalue weighted by atomic mass is 9.91. The van der Waals surface area contributed by atoms with E-state index in [1.807, 2.05) is 19.1 Å². The summed E-state index contributed by atoms with van der Waals surface area (Å²) >= 11 is 1.66. The predicted molar refractivity (Wildman–Crippen MR) is 119 cm³/mol. The van der Waals surface area contributed by atoms with Gasteiger partial charge in [-0.2, -0.15) is 26.3 Å². The first kappa shape index (κ1) is 31.2. The Balaban J connectivity index is 0.000000301. The van der Waals surface area contributed by atoms with Crippen LogP contribution in [0.3, 0.4) is 0 Å². The van der Waals surface area contributed by atoms with Gasteiger partial charge in [0.25, 0.3) is 0 Å². The number of nitrogens with zero attached hydrogens (tertiary/aromatic N) is 4. The lowest BCUT2D eigenvalue weighted by molar-refractivity contribution is -0.193. The minimum atomic E-state index is -5.08. The quantitative estimate of drug-likeness (QED) is 0.390. The fourth-order valence-electron chi connectivity index (χ4n) is 3.57. The number of alkyl halides is 6. The number of carboxylic acids is 2. The van der Waals surface area contributed by atoms with Crippen LogP contribution in [0.1, 0.15) is 17.0 Å². The summed E-state index contributed by atoms with van der Waals surface area (Å²) in [6, 6.07) is 3.99. The number of halogens is 6. The standard InChI is InChI=1S/C17H22N4O2S.2C2HF3O2/c1-12-19-20-17(24-12)21-8-15-14(11-23-16(15)9-21)4-7-22-10-13-2-5-18-6-3-13;2*3-2(4,5)1(6)7/h2-3,5-6,14-16H,4,7-11H2,1H3;2*(H,6,7)/t14-,15-,16-;;/m0../s1. The molecule has 0 bridgehead atoms. The van der Waals surface area contributed by atoms with Crippen LogP contribution < -0.4 is 4.90 Å². The molecule has 0 aliphatic carbocycles. The van der Waals surface area contributed by atoms with E-state index < -0.39 is 24.3 Å². The first-order chi connectivity index (χ1) is 17.7. The molecule has 2 aliphatic rings. The van der Waals surface area contributed by atoms with Crippen LogP contribution in [-0.4, -0.2) is 82.1 Å². The molecule has 3 atom stereocenters. The Labute approximate surface area is 216 Å². The van der Waals surface area contributed by atoms with E-state index in [2.05, 4.69) is 20.1 Å². The smallest absolute Gasteiger partial charge is 0.475 e. The van der Waals surface area contributed by atoms with Crippen molar-refractivity contribution < 1.29 is 55.6 Å². The highest BCUT2D eigenvalue weighted by molar-refractivity contribution is 7.15. The van der Waals surface area contributed by atoms with Gasteiger partial charge < -0.3 is 24.6 Å². The van der Waals surface area contributed by atoms with Crippen molar-refractivity contribution in [3.63, 3.8) is 0 Å². The van der Waals surface area contributed by atoms with Crippen LogP contribution in [0.4, 0.5) is 31.5 Å². The van der Waals surface area contributed by atoms with Crippen molar-refractivity contribution in [1.29, 1.82) is 0 Å². The van der Waals surface area contributed by atoms with Gasteiger partial charge in [0.15, 0.2) is 0 Å². The molecule has 2 aromatic rings. The lowest BCUT2D eigenvalue weighted by Gasteiger charge is -2.18. The molecule has 212 valence electrons. The summed E-state index contributed by atoms with van der Waals surface area (Å²) in [4.78, 5) is 24.1. The van der Waals surface area contributed by atoms with Gasteiger partial charge in [0.1, 0.15) is 5.01 Å². The SMILES string of the molecule is Cc1nnc(N2C[C@H]3[C@@H](CCOCc4ccncc4)CO[C@H]3C2)s1.O=C(O)C(F)(F)F.O=C(O)C(F)(F)F. The molecule has 0 saturated carbocycles. The topological polar surface area (TPSA) is 135 Å². The molecule has 2 fully saturated rings. The zero-order chi connectivity index (χ0) is 28.5. The van der Waals surface area contributed by atoms with Crippen molar-refractivity contribution >= 4 is 28.4 Å². The van der Waals surface area contributed by atoms with E-state index in [4.69, 9.17) is 29.3 Å². The van der Waals surface area contributed by atoms with Crippen molar-refractivity contribution in [3.8, 4) is 0 Å². The minimum Gasteiger partial charge on any atom is -0.475 e. The van der Waals surface area contributed by atoms with E-state index in [-0.39, 0.29) is 0 Å². The van der Waals surface area contributed by atoms with Gasteiger partial charge in [0.2, 0.25) is 5.13 Å². The van der Waals surface area contributed by atoms with Gasteiger partial charge in [-0.05, 0) is 37.0 Å². The van der Waals surface area contributed by atoms with Crippen LogP contribution in [-0.2, 0) is 25.7 Å². The summed E-state index contributed by atoms with van der Waals surface area (Å²) < 4.78 is 75.3. The number of aryl methyl sites for hydroxylation is 1. The molecule has 4 rings (SSSR count). The van der Waals surface area contributed by atoms with Gasteiger partial charge >= 0.3 is 24.3 Å². The van der Waals surface area contributed by atoms with Crippen molar-refractivity contribution in [2.24, 2.45) is 11.8 Å². The number of ether oxygens (including phenoxy) is 2. The van der Waals surface area contributed by atoms with Gasteiger partial charge in [-0.3, -0.25) is 4.98 Å². The third-order valence-electron chi connectivity index (χ3n) is 5.36. The zero-order valence-electron chi connectivity index (χ0n) is 19.8. The fraction of sp³-hybridized carbons (Fsp3) is 0.571. The molecular formula is C21H24F6N4O6S. The molecule has 0 unspecified atom stereocenters. The number of pyridine rings is 1. The van der Waals surface area contributed by atoms with Crippen molar-refractivity contribution in [1.82, 2.24) is 15.2 Å². The van der Waals surface area contributed by atoms with Crippen LogP contribution in [0.2, 0.25) is 0 Å². The Bertz CT molecular complexity index is 1020. The maximum Gasteiger partial charge on any atom is 0.490 e. The number of aliphatic carboxylic acids is 2. The average Bonchev–Trinajstić information content (AvgIpc) is 3.53. The Morgan fingerprint density at radius 2 is 1.66 bits per heavy atom. The van der Waals surface area contributed by atoms with Gasteiger partial charge in [-0.25, -0.2) is 9.59 Å². The Morgan fingerprint density at radius 3 is 2.16 bits per heavy atom. The maximum absolute atomic E-state index is 10.6. The molecule has 38 heavy (non-hydrogen) atoms.